The van der Waals surface area contributed by atoms with Crippen molar-refractivity contribution < 1.29 is 14.7 Å². The van der Waals surface area contributed by atoms with E-state index in [9.17, 15) is 9.59 Å². The van der Waals surface area contributed by atoms with Gasteiger partial charge in [0.1, 0.15) is 0 Å². The molecule has 1 rings (SSSR count). The molecule has 5 nitrogen and oxygen atoms in total. The van der Waals surface area contributed by atoms with Gasteiger partial charge in [-0.2, -0.15) is 0 Å². The highest BCUT2D eigenvalue weighted by Gasteiger charge is 2.04. The lowest BCUT2D eigenvalue weighted by Gasteiger charge is -2.09. The molecule has 17 heavy (non-hydrogen) atoms. The highest BCUT2D eigenvalue weighted by molar-refractivity contribution is 5.90. The summed E-state index contributed by atoms with van der Waals surface area (Å²) in [5, 5.41) is 13.6. The first-order valence-corrected chi connectivity index (χ1v) is 5.33. The highest BCUT2D eigenvalue weighted by atomic mass is 16.4. The number of carboxylic acids is 1. The molecular formula is C12H16N2O3. The first kappa shape index (κ1) is 13.0. The second kappa shape index (κ2) is 5.89. The van der Waals surface area contributed by atoms with Crippen LogP contribution in [0.25, 0.3) is 0 Å². The molecule has 5 heteroatoms. The van der Waals surface area contributed by atoms with Crippen LogP contribution in [0, 0.1) is 13.8 Å². The van der Waals surface area contributed by atoms with Gasteiger partial charge in [-0.15, -0.1) is 0 Å². The third kappa shape index (κ3) is 4.55. The van der Waals surface area contributed by atoms with Crippen LogP contribution in [0.2, 0.25) is 0 Å². The number of carbonyl (C=O) groups excluding carboxylic acids is 1. The fourth-order valence-electron chi connectivity index (χ4n) is 1.40. The van der Waals surface area contributed by atoms with Crippen LogP contribution < -0.4 is 10.6 Å². The molecule has 2 amide bonds. The van der Waals surface area contributed by atoms with Gasteiger partial charge in [0, 0.05) is 12.2 Å². The number of nitrogens with one attached hydrogen (secondary N) is 2. The smallest absolute Gasteiger partial charge is 0.319 e. The van der Waals surface area contributed by atoms with Crippen molar-refractivity contribution >= 4 is 17.7 Å². The Morgan fingerprint density at radius 1 is 1.29 bits per heavy atom. The first-order chi connectivity index (χ1) is 7.99. The minimum atomic E-state index is -0.934. The van der Waals surface area contributed by atoms with Crippen LogP contribution in [-0.2, 0) is 4.79 Å². The van der Waals surface area contributed by atoms with Crippen molar-refractivity contribution in [3.8, 4) is 0 Å². The van der Waals surface area contributed by atoms with E-state index in [1.807, 2.05) is 32.0 Å². The molecule has 0 saturated carbocycles. The van der Waals surface area contributed by atoms with Crippen LogP contribution in [0.15, 0.2) is 18.2 Å². The van der Waals surface area contributed by atoms with E-state index in [1.165, 1.54) is 0 Å². The van der Waals surface area contributed by atoms with Crippen molar-refractivity contribution in [2.75, 3.05) is 11.9 Å². The summed E-state index contributed by atoms with van der Waals surface area (Å²) in [6, 6.07) is 5.30. The number of benzene rings is 1. The molecule has 0 aromatic heterocycles. The third-order valence-electron chi connectivity index (χ3n) is 2.25. The maximum absolute atomic E-state index is 11.4. The zero-order valence-electron chi connectivity index (χ0n) is 9.91. The van der Waals surface area contributed by atoms with Crippen molar-refractivity contribution in [1.82, 2.24) is 5.32 Å². The summed E-state index contributed by atoms with van der Waals surface area (Å²) >= 11 is 0. The molecule has 0 aliphatic rings. The molecule has 3 N–H and O–H groups in total. The van der Waals surface area contributed by atoms with E-state index >= 15 is 0 Å². The Labute approximate surface area is 99.8 Å². The van der Waals surface area contributed by atoms with E-state index < -0.39 is 12.0 Å². The van der Waals surface area contributed by atoms with Gasteiger partial charge in [0.2, 0.25) is 0 Å². The lowest BCUT2D eigenvalue weighted by atomic mass is 10.1. The van der Waals surface area contributed by atoms with Crippen LogP contribution in [0.4, 0.5) is 10.5 Å². The number of rotatable bonds is 4. The summed E-state index contributed by atoms with van der Waals surface area (Å²) < 4.78 is 0. The molecule has 92 valence electrons. The Hall–Kier alpha value is -2.04. The standard InChI is InChI=1S/C12H16N2O3/c1-8-3-4-10(9(2)7-8)14-12(17)13-6-5-11(15)16/h3-4,7H,5-6H2,1-2H3,(H,15,16)(H2,13,14,17). The SMILES string of the molecule is Cc1ccc(NC(=O)NCCC(=O)O)c(C)c1. The van der Waals surface area contributed by atoms with Gasteiger partial charge in [-0.1, -0.05) is 17.7 Å². The van der Waals surface area contributed by atoms with Crippen LogP contribution in [0.5, 0.6) is 0 Å². The van der Waals surface area contributed by atoms with Gasteiger partial charge in [0.25, 0.3) is 0 Å². The number of aryl methyl sites for hydroxylation is 2. The number of amides is 2. The maximum atomic E-state index is 11.4. The van der Waals surface area contributed by atoms with Crippen LogP contribution >= 0.6 is 0 Å². The lowest BCUT2D eigenvalue weighted by molar-refractivity contribution is -0.136. The average Bonchev–Trinajstić information content (AvgIpc) is 2.21. The molecule has 0 heterocycles. The summed E-state index contributed by atoms with van der Waals surface area (Å²) in [4.78, 5) is 21.7. The molecule has 1 aromatic carbocycles. The minimum Gasteiger partial charge on any atom is -0.481 e. The topological polar surface area (TPSA) is 78.4 Å². The molecule has 0 radical (unpaired) electrons. The van der Waals surface area contributed by atoms with Gasteiger partial charge in [0.05, 0.1) is 6.42 Å². The van der Waals surface area contributed by atoms with E-state index in [0.29, 0.717) is 0 Å². The Morgan fingerprint density at radius 2 is 2.00 bits per heavy atom. The first-order valence-electron chi connectivity index (χ1n) is 5.33. The van der Waals surface area contributed by atoms with E-state index in [0.717, 1.165) is 16.8 Å². The molecule has 0 spiro atoms. The molecule has 1 aromatic rings. The summed E-state index contributed by atoms with van der Waals surface area (Å²) in [5.74, 6) is -0.934. The minimum absolute atomic E-state index is 0.0830. The summed E-state index contributed by atoms with van der Waals surface area (Å²) in [6.07, 6.45) is -0.0830. The summed E-state index contributed by atoms with van der Waals surface area (Å²) in [7, 11) is 0. The van der Waals surface area contributed by atoms with Crippen LogP contribution in [0.3, 0.4) is 0 Å². The van der Waals surface area contributed by atoms with Crippen molar-refractivity contribution in [3.63, 3.8) is 0 Å². The van der Waals surface area contributed by atoms with Gasteiger partial charge in [0.15, 0.2) is 0 Å². The van der Waals surface area contributed by atoms with Gasteiger partial charge in [-0.25, -0.2) is 4.79 Å². The third-order valence-corrected chi connectivity index (χ3v) is 2.25. The van der Waals surface area contributed by atoms with E-state index in [4.69, 9.17) is 5.11 Å². The number of hydrogen-bond acceptors (Lipinski definition) is 2. The van der Waals surface area contributed by atoms with E-state index in [2.05, 4.69) is 10.6 Å². The van der Waals surface area contributed by atoms with Crippen LogP contribution in [0.1, 0.15) is 17.5 Å². The molecule has 0 atom stereocenters. The van der Waals surface area contributed by atoms with Gasteiger partial charge >= 0.3 is 12.0 Å². The predicted molar refractivity (Wildman–Crippen MR) is 65.2 cm³/mol. The number of carboxylic acid groups (broad SMARTS) is 1. The number of aliphatic carboxylic acids is 1. The molecule has 0 bridgehead atoms. The van der Waals surface area contributed by atoms with Crippen molar-refractivity contribution in [2.24, 2.45) is 0 Å². The quantitative estimate of drug-likeness (QED) is 0.747. The summed E-state index contributed by atoms with van der Waals surface area (Å²) in [5.41, 5.74) is 2.82. The van der Waals surface area contributed by atoms with Gasteiger partial charge in [-0.05, 0) is 25.5 Å². The van der Waals surface area contributed by atoms with Crippen molar-refractivity contribution in [1.29, 1.82) is 0 Å². The fraction of sp³-hybridized carbons (Fsp3) is 0.333. The van der Waals surface area contributed by atoms with Gasteiger partial charge in [-0.3, -0.25) is 4.79 Å². The molecule has 0 saturated heterocycles. The lowest BCUT2D eigenvalue weighted by Crippen LogP contribution is -2.30. The number of anilines is 1. The fourth-order valence-corrected chi connectivity index (χ4v) is 1.40. The Balaban J connectivity index is 2.48. The number of urea groups is 1. The largest absolute Gasteiger partial charge is 0.481 e. The molecule has 0 aliphatic carbocycles. The number of carbonyl (C=O) groups is 2. The van der Waals surface area contributed by atoms with Gasteiger partial charge < -0.3 is 15.7 Å². The molecule has 0 unspecified atom stereocenters. The zero-order chi connectivity index (χ0) is 12.8. The Bertz CT molecular complexity index is 430. The van der Waals surface area contributed by atoms with Crippen molar-refractivity contribution in [3.05, 3.63) is 29.3 Å². The Morgan fingerprint density at radius 3 is 2.59 bits per heavy atom. The van der Waals surface area contributed by atoms with E-state index in [-0.39, 0.29) is 13.0 Å². The molecule has 0 aliphatic heterocycles. The van der Waals surface area contributed by atoms with Crippen molar-refractivity contribution in [2.45, 2.75) is 20.3 Å². The van der Waals surface area contributed by atoms with Crippen LogP contribution in [-0.4, -0.2) is 23.7 Å². The second-order valence-electron chi connectivity index (χ2n) is 3.84. The summed E-state index contributed by atoms with van der Waals surface area (Å²) in [6.45, 7) is 4.00. The average molecular weight is 236 g/mol. The monoisotopic (exact) mass is 236 g/mol. The number of hydrogen-bond donors (Lipinski definition) is 3. The Kier molecular flexibility index (Phi) is 4.51. The maximum Gasteiger partial charge on any atom is 0.319 e. The predicted octanol–water partition coefficient (Wildman–Crippen LogP) is 1.90. The van der Waals surface area contributed by atoms with E-state index in [1.54, 1.807) is 0 Å². The second-order valence-corrected chi connectivity index (χ2v) is 3.84. The molecule has 0 fully saturated rings. The highest BCUT2D eigenvalue weighted by Crippen LogP contribution is 2.15. The zero-order valence-corrected chi connectivity index (χ0v) is 9.91. The molecular weight excluding hydrogens is 220 g/mol. The normalized spacial score (nSPS) is 9.76.